The van der Waals surface area contributed by atoms with E-state index in [9.17, 15) is 4.39 Å². The zero-order valence-electron chi connectivity index (χ0n) is 11.4. The molecule has 0 amide bonds. The average molecular weight is 338 g/mol. The van der Waals surface area contributed by atoms with Crippen molar-refractivity contribution >= 4 is 15.9 Å². The molecule has 2 unspecified atom stereocenters. The Morgan fingerprint density at radius 1 is 1.15 bits per heavy atom. The minimum atomic E-state index is -0.397. The van der Waals surface area contributed by atoms with Gasteiger partial charge in [-0.15, -0.1) is 0 Å². The molecule has 2 aromatic rings. The fraction of sp³-hybridized carbons (Fsp3) is 0.250. The van der Waals surface area contributed by atoms with Crippen molar-refractivity contribution in [1.29, 1.82) is 0 Å². The van der Waals surface area contributed by atoms with Crippen molar-refractivity contribution in [3.8, 4) is 5.75 Å². The topological polar surface area (TPSA) is 35.2 Å². The molecule has 0 fully saturated rings. The first-order valence-electron chi connectivity index (χ1n) is 6.41. The van der Waals surface area contributed by atoms with Gasteiger partial charge in [-0.2, -0.15) is 0 Å². The highest BCUT2D eigenvalue weighted by atomic mass is 79.9. The van der Waals surface area contributed by atoms with E-state index in [2.05, 4.69) is 15.9 Å². The molecule has 0 aliphatic carbocycles. The Balaban J connectivity index is 2.30. The van der Waals surface area contributed by atoms with E-state index in [1.54, 1.807) is 12.1 Å². The van der Waals surface area contributed by atoms with Crippen LogP contribution in [0.1, 0.15) is 24.2 Å². The predicted molar refractivity (Wildman–Crippen MR) is 82.3 cm³/mol. The zero-order valence-corrected chi connectivity index (χ0v) is 13.0. The quantitative estimate of drug-likeness (QED) is 0.899. The lowest BCUT2D eigenvalue weighted by Crippen LogP contribution is -2.29. The fourth-order valence-electron chi connectivity index (χ4n) is 1.94. The molecule has 0 saturated heterocycles. The third kappa shape index (κ3) is 3.58. The molecule has 0 aliphatic heterocycles. The van der Waals surface area contributed by atoms with E-state index in [1.165, 1.54) is 6.07 Å². The SMILES string of the molecule is Cc1ccc(C(Oc2cc(Br)ccc2F)C(C)N)cc1. The summed E-state index contributed by atoms with van der Waals surface area (Å²) >= 11 is 3.31. The average Bonchev–Trinajstić information content (AvgIpc) is 2.40. The molecular formula is C16H17BrFNO. The van der Waals surface area contributed by atoms with Crippen molar-refractivity contribution in [3.63, 3.8) is 0 Å². The molecule has 4 heteroatoms. The van der Waals surface area contributed by atoms with E-state index in [0.717, 1.165) is 15.6 Å². The summed E-state index contributed by atoms with van der Waals surface area (Å²) in [5.41, 5.74) is 8.08. The first-order valence-corrected chi connectivity index (χ1v) is 7.20. The monoisotopic (exact) mass is 337 g/mol. The molecule has 2 nitrogen and oxygen atoms in total. The lowest BCUT2D eigenvalue weighted by atomic mass is 10.0. The van der Waals surface area contributed by atoms with Gasteiger partial charge in [-0.1, -0.05) is 45.8 Å². The van der Waals surface area contributed by atoms with Crippen LogP contribution in [0.25, 0.3) is 0 Å². The number of aryl methyl sites for hydroxylation is 1. The minimum Gasteiger partial charge on any atom is -0.481 e. The molecule has 0 aromatic heterocycles. The largest absolute Gasteiger partial charge is 0.481 e. The second kappa shape index (κ2) is 6.37. The molecule has 2 N–H and O–H groups in total. The van der Waals surface area contributed by atoms with Gasteiger partial charge in [-0.25, -0.2) is 4.39 Å². The van der Waals surface area contributed by atoms with Crippen LogP contribution in [-0.4, -0.2) is 6.04 Å². The Labute approximate surface area is 126 Å². The van der Waals surface area contributed by atoms with Crippen LogP contribution in [0.2, 0.25) is 0 Å². The number of benzene rings is 2. The molecule has 106 valence electrons. The lowest BCUT2D eigenvalue weighted by Gasteiger charge is -2.23. The van der Waals surface area contributed by atoms with Crippen molar-refractivity contribution in [2.75, 3.05) is 0 Å². The Morgan fingerprint density at radius 2 is 1.80 bits per heavy atom. The summed E-state index contributed by atoms with van der Waals surface area (Å²) in [5.74, 6) is -0.201. The summed E-state index contributed by atoms with van der Waals surface area (Å²) in [6.07, 6.45) is -0.389. The van der Waals surface area contributed by atoms with Gasteiger partial charge in [0, 0.05) is 10.5 Å². The standard InChI is InChI=1S/C16H17BrFNO/c1-10-3-5-12(6-4-10)16(11(2)19)20-15-9-13(17)7-8-14(15)18/h3-9,11,16H,19H2,1-2H3. The van der Waals surface area contributed by atoms with Crippen LogP contribution >= 0.6 is 15.9 Å². The zero-order chi connectivity index (χ0) is 14.7. The molecule has 2 rings (SSSR count). The van der Waals surface area contributed by atoms with Gasteiger partial charge in [0.2, 0.25) is 0 Å². The summed E-state index contributed by atoms with van der Waals surface area (Å²) in [6, 6.07) is 12.3. The highest BCUT2D eigenvalue weighted by Crippen LogP contribution is 2.29. The van der Waals surface area contributed by atoms with E-state index < -0.39 is 5.82 Å². The molecule has 0 radical (unpaired) electrons. The maximum atomic E-state index is 13.8. The van der Waals surface area contributed by atoms with Gasteiger partial charge in [0.1, 0.15) is 6.10 Å². The van der Waals surface area contributed by atoms with Crippen molar-refractivity contribution in [2.24, 2.45) is 5.73 Å². The molecule has 2 atom stereocenters. The van der Waals surface area contributed by atoms with E-state index in [-0.39, 0.29) is 17.9 Å². The number of ether oxygens (including phenoxy) is 1. The van der Waals surface area contributed by atoms with Crippen LogP contribution in [0, 0.1) is 12.7 Å². The van der Waals surface area contributed by atoms with E-state index in [0.29, 0.717) is 0 Å². The highest BCUT2D eigenvalue weighted by Gasteiger charge is 2.20. The number of hydrogen-bond acceptors (Lipinski definition) is 2. The van der Waals surface area contributed by atoms with Crippen LogP contribution in [-0.2, 0) is 0 Å². The molecule has 0 heterocycles. The lowest BCUT2D eigenvalue weighted by molar-refractivity contribution is 0.172. The van der Waals surface area contributed by atoms with Crippen molar-refractivity contribution in [2.45, 2.75) is 26.0 Å². The maximum Gasteiger partial charge on any atom is 0.165 e. The summed E-state index contributed by atoms with van der Waals surface area (Å²) in [7, 11) is 0. The smallest absolute Gasteiger partial charge is 0.165 e. The predicted octanol–water partition coefficient (Wildman–Crippen LogP) is 4.36. The maximum absolute atomic E-state index is 13.8. The van der Waals surface area contributed by atoms with Gasteiger partial charge in [0.15, 0.2) is 11.6 Å². The first-order chi connectivity index (χ1) is 9.47. The third-order valence-corrected chi connectivity index (χ3v) is 3.52. The van der Waals surface area contributed by atoms with Crippen molar-refractivity contribution in [3.05, 3.63) is 63.9 Å². The second-order valence-electron chi connectivity index (χ2n) is 4.88. The Bertz CT molecular complexity index is 584. The van der Waals surface area contributed by atoms with E-state index in [1.807, 2.05) is 38.1 Å². The fourth-order valence-corrected chi connectivity index (χ4v) is 2.28. The minimum absolute atomic E-state index is 0.197. The van der Waals surface area contributed by atoms with Gasteiger partial charge in [-0.05, 0) is 37.6 Å². The van der Waals surface area contributed by atoms with Crippen molar-refractivity contribution < 1.29 is 9.13 Å². The highest BCUT2D eigenvalue weighted by molar-refractivity contribution is 9.10. The summed E-state index contributed by atoms with van der Waals surface area (Å²) in [4.78, 5) is 0. The Kier molecular flexibility index (Phi) is 4.78. The molecule has 0 saturated carbocycles. The molecular weight excluding hydrogens is 321 g/mol. The van der Waals surface area contributed by atoms with Crippen molar-refractivity contribution in [1.82, 2.24) is 0 Å². The van der Waals surface area contributed by atoms with E-state index >= 15 is 0 Å². The van der Waals surface area contributed by atoms with Crippen LogP contribution in [0.3, 0.4) is 0 Å². The number of nitrogens with two attached hydrogens (primary N) is 1. The summed E-state index contributed by atoms with van der Waals surface area (Å²) in [6.45, 7) is 3.86. The first kappa shape index (κ1) is 15.0. The molecule has 0 aliphatic rings. The third-order valence-electron chi connectivity index (χ3n) is 3.03. The number of rotatable bonds is 4. The second-order valence-corrected chi connectivity index (χ2v) is 5.80. The van der Waals surface area contributed by atoms with Gasteiger partial charge < -0.3 is 10.5 Å². The number of halogens is 2. The van der Waals surface area contributed by atoms with Crippen LogP contribution in [0.4, 0.5) is 4.39 Å². The van der Waals surface area contributed by atoms with Crippen LogP contribution in [0.15, 0.2) is 46.9 Å². The van der Waals surface area contributed by atoms with Crippen LogP contribution in [0.5, 0.6) is 5.75 Å². The molecule has 20 heavy (non-hydrogen) atoms. The van der Waals surface area contributed by atoms with Gasteiger partial charge >= 0.3 is 0 Å². The van der Waals surface area contributed by atoms with Crippen LogP contribution < -0.4 is 10.5 Å². The Hall–Kier alpha value is -1.39. The van der Waals surface area contributed by atoms with Gasteiger partial charge in [0.25, 0.3) is 0 Å². The summed E-state index contributed by atoms with van der Waals surface area (Å²) in [5, 5.41) is 0. The number of hydrogen-bond donors (Lipinski definition) is 1. The van der Waals surface area contributed by atoms with Gasteiger partial charge in [0.05, 0.1) is 0 Å². The molecule has 0 spiro atoms. The summed E-state index contributed by atoms with van der Waals surface area (Å²) < 4.78 is 20.3. The molecule has 0 bridgehead atoms. The molecule has 2 aromatic carbocycles. The Morgan fingerprint density at radius 3 is 2.40 bits per heavy atom. The van der Waals surface area contributed by atoms with Gasteiger partial charge in [-0.3, -0.25) is 0 Å². The normalized spacial score (nSPS) is 13.8. The van der Waals surface area contributed by atoms with E-state index in [4.69, 9.17) is 10.5 Å².